The third-order valence-electron chi connectivity index (χ3n) is 5.58. The van der Waals surface area contributed by atoms with Crippen molar-refractivity contribution in [2.75, 3.05) is 26.7 Å². The van der Waals surface area contributed by atoms with Crippen molar-refractivity contribution in [3.63, 3.8) is 0 Å². The summed E-state index contributed by atoms with van der Waals surface area (Å²) in [6, 6.07) is 1.31. The zero-order valence-electron chi connectivity index (χ0n) is 12.8. The second kappa shape index (κ2) is 6.44. The van der Waals surface area contributed by atoms with Crippen LogP contribution in [-0.4, -0.2) is 60.5 Å². The first-order chi connectivity index (χ1) is 9.77. The number of rotatable bonds is 3. The number of nitrogens with zero attached hydrogens (tertiary/aromatic N) is 2. The second-order valence-electron chi connectivity index (χ2n) is 6.76. The lowest BCUT2D eigenvalue weighted by molar-refractivity contribution is -0.137. The van der Waals surface area contributed by atoms with Gasteiger partial charge in [-0.25, -0.2) is 0 Å². The summed E-state index contributed by atoms with van der Waals surface area (Å²) in [5, 5.41) is 3.43. The van der Waals surface area contributed by atoms with Gasteiger partial charge in [0, 0.05) is 19.1 Å². The van der Waals surface area contributed by atoms with Gasteiger partial charge in [0.05, 0.1) is 6.04 Å². The van der Waals surface area contributed by atoms with E-state index in [9.17, 15) is 4.79 Å². The lowest BCUT2D eigenvalue weighted by Crippen LogP contribution is -2.52. The zero-order chi connectivity index (χ0) is 13.9. The topological polar surface area (TPSA) is 35.6 Å². The van der Waals surface area contributed by atoms with Crippen LogP contribution in [0.2, 0.25) is 0 Å². The quantitative estimate of drug-likeness (QED) is 0.852. The summed E-state index contributed by atoms with van der Waals surface area (Å²) < 4.78 is 0. The van der Waals surface area contributed by atoms with Gasteiger partial charge in [-0.05, 0) is 58.2 Å². The first-order valence-electron chi connectivity index (χ1n) is 8.50. The monoisotopic (exact) mass is 279 g/mol. The molecular weight excluding hydrogens is 250 g/mol. The second-order valence-corrected chi connectivity index (χ2v) is 6.76. The lowest BCUT2D eigenvalue weighted by Gasteiger charge is -2.37. The highest BCUT2D eigenvalue weighted by Gasteiger charge is 2.38. The number of likely N-dealkylation sites (tertiary alicyclic amines) is 1. The Hall–Kier alpha value is -0.610. The van der Waals surface area contributed by atoms with Gasteiger partial charge in [-0.1, -0.05) is 12.8 Å². The highest BCUT2D eigenvalue weighted by Crippen LogP contribution is 2.28. The van der Waals surface area contributed by atoms with Crippen LogP contribution in [-0.2, 0) is 4.79 Å². The van der Waals surface area contributed by atoms with Gasteiger partial charge in [0.2, 0.25) is 5.91 Å². The van der Waals surface area contributed by atoms with Crippen molar-refractivity contribution in [2.24, 2.45) is 0 Å². The molecule has 2 saturated heterocycles. The largest absolute Gasteiger partial charge is 0.341 e. The van der Waals surface area contributed by atoms with Gasteiger partial charge in [-0.2, -0.15) is 0 Å². The molecule has 0 bridgehead atoms. The Labute approximate surface area is 122 Å². The van der Waals surface area contributed by atoms with Crippen molar-refractivity contribution in [2.45, 2.75) is 69.5 Å². The van der Waals surface area contributed by atoms with Gasteiger partial charge in [-0.3, -0.25) is 9.69 Å². The average molecular weight is 279 g/mol. The van der Waals surface area contributed by atoms with Crippen LogP contribution in [0.4, 0.5) is 0 Å². The fourth-order valence-corrected chi connectivity index (χ4v) is 4.34. The van der Waals surface area contributed by atoms with Crippen molar-refractivity contribution < 1.29 is 4.79 Å². The Kier molecular flexibility index (Phi) is 4.61. The molecule has 1 aliphatic carbocycles. The van der Waals surface area contributed by atoms with Gasteiger partial charge >= 0.3 is 0 Å². The predicted molar refractivity (Wildman–Crippen MR) is 80.6 cm³/mol. The molecule has 0 aromatic rings. The summed E-state index contributed by atoms with van der Waals surface area (Å²) in [4.78, 5) is 17.5. The number of hydrogen-bond acceptors (Lipinski definition) is 3. The standard InChI is InChI=1S/C16H29N3O/c1-18(13-5-2-3-6-13)16(20)15-7-4-12-19(15)14-8-10-17-11-9-14/h13-15,17H,2-12H2,1H3. The van der Waals surface area contributed by atoms with Crippen molar-refractivity contribution in [3.8, 4) is 0 Å². The van der Waals surface area contributed by atoms with Crippen LogP contribution in [0.25, 0.3) is 0 Å². The van der Waals surface area contributed by atoms with E-state index in [1.807, 2.05) is 7.05 Å². The van der Waals surface area contributed by atoms with Crippen LogP contribution in [0.3, 0.4) is 0 Å². The van der Waals surface area contributed by atoms with Crippen LogP contribution in [0.5, 0.6) is 0 Å². The van der Waals surface area contributed by atoms with Gasteiger partial charge in [0.1, 0.15) is 0 Å². The van der Waals surface area contributed by atoms with Crippen LogP contribution < -0.4 is 5.32 Å². The Balaban J connectivity index is 1.63. The van der Waals surface area contributed by atoms with Gasteiger partial charge in [0.15, 0.2) is 0 Å². The van der Waals surface area contributed by atoms with Crippen molar-refractivity contribution >= 4 is 5.91 Å². The molecule has 114 valence electrons. The van der Waals surface area contributed by atoms with Gasteiger partial charge < -0.3 is 10.2 Å². The van der Waals surface area contributed by atoms with Crippen molar-refractivity contribution in [1.29, 1.82) is 0 Å². The molecule has 0 spiro atoms. The Bertz CT molecular complexity index is 335. The molecule has 1 atom stereocenters. The zero-order valence-corrected chi connectivity index (χ0v) is 12.8. The third-order valence-corrected chi connectivity index (χ3v) is 5.58. The van der Waals surface area contributed by atoms with Crippen molar-refractivity contribution in [3.05, 3.63) is 0 Å². The van der Waals surface area contributed by atoms with Gasteiger partial charge in [-0.15, -0.1) is 0 Å². The maximum absolute atomic E-state index is 12.9. The average Bonchev–Trinajstić information content (AvgIpc) is 3.17. The number of carbonyl (C=O) groups excluding carboxylic acids is 1. The summed E-state index contributed by atoms with van der Waals surface area (Å²) in [6.07, 6.45) is 9.69. The molecule has 0 radical (unpaired) electrons. The molecule has 20 heavy (non-hydrogen) atoms. The molecule has 3 fully saturated rings. The lowest BCUT2D eigenvalue weighted by atomic mass is 10.0. The molecule has 3 rings (SSSR count). The van der Waals surface area contributed by atoms with E-state index >= 15 is 0 Å². The van der Waals surface area contributed by atoms with E-state index in [2.05, 4.69) is 15.1 Å². The number of hydrogen-bond donors (Lipinski definition) is 1. The summed E-state index contributed by atoms with van der Waals surface area (Å²) in [5.41, 5.74) is 0. The smallest absolute Gasteiger partial charge is 0.239 e. The summed E-state index contributed by atoms with van der Waals surface area (Å²) in [6.45, 7) is 3.35. The molecule has 1 saturated carbocycles. The molecular formula is C16H29N3O. The number of amides is 1. The van der Waals surface area contributed by atoms with E-state index in [1.54, 1.807) is 0 Å². The molecule has 4 heteroatoms. The Morgan fingerprint density at radius 3 is 2.45 bits per heavy atom. The van der Waals surface area contributed by atoms with E-state index in [4.69, 9.17) is 0 Å². The number of carbonyl (C=O) groups is 1. The van der Waals surface area contributed by atoms with E-state index in [-0.39, 0.29) is 6.04 Å². The van der Waals surface area contributed by atoms with Crippen LogP contribution in [0, 0.1) is 0 Å². The normalized spacial score (nSPS) is 29.9. The van der Waals surface area contributed by atoms with Crippen LogP contribution >= 0.6 is 0 Å². The summed E-state index contributed by atoms with van der Waals surface area (Å²) in [7, 11) is 2.04. The highest BCUT2D eigenvalue weighted by atomic mass is 16.2. The fourth-order valence-electron chi connectivity index (χ4n) is 4.34. The molecule has 1 unspecified atom stereocenters. The number of nitrogens with one attached hydrogen (secondary N) is 1. The molecule has 2 heterocycles. The molecule has 4 nitrogen and oxygen atoms in total. The first-order valence-corrected chi connectivity index (χ1v) is 8.50. The molecule has 1 N–H and O–H groups in total. The molecule has 3 aliphatic rings. The summed E-state index contributed by atoms with van der Waals surface area (Å²) in [5.74, 6) is 0.396. The number of piperidine rings is 1. The van der Waals surface area contributed by atoms with E-state index in [0.717, 1.165) is 26.1 Å². The third kappa shape index (κ3) is 2.86. The first kappa shape index (κ1) is 14.3. The molecule has 0 aromatic carbocycles. The van der Waals surface area contributed by atoms with Crippen molar-refractivity contribution in [1.82, 2.24) is 15.1 Å². The molecule has 2 aliphatic heterocycles. The predicted octanol–water partition coefficient (Wildman–Crippen LogP) is 1.60. The molecule has 0 aromatic heterocycles. The van der Waals surface area contributed by atoms with Crippen LogP contribution in [0.15, 0.2) is 0 Å². The van der Waals surface area contributed by atoms with Crippen LogP contribution in [0.1, 0.15) is 51.4 Å². The minimum atomic E-state index is 0.170. The fraction of sp³-hybridized carbons (Fsp3) is 0.938. The highest BCUT2D eigenvalue weighted by molar-refractivity contribution is 5.82. The SMILES string of the molecule is CN(C(=O)C1CCCN1C1CCNCC1)C1CCCC1. The Morgan fingerprint density at radius 2 is 1.75 bits per heavy atom. The minimum Gasteiger partial charge on any atom is -0.341 e. The summed E-state index contributed by atoms with van der Waals surface area (Å²) >= 11 is 0. The van der Waals surface area contributed by atoms with E-state index in [1.165, 1.54) is 44.9 Å². The Morgan fingerprint density at radius 1 is 1.05 bits per heavy atom. The van der Waals surface area contributed by atoms with E-state index in [0.29, 0.717) is 18.0 Å². The minimum absolute atomic E-state index is 0.170. The van der Waals surface area contributed by atoms with Gasteiger partial charge in [0.25, 0.3) is 0 Å². The van der Waals surface area contributed by atoms with E-state index < -0.39 is 0 Å². The maximum atomic E-state index is 12.9. The maximum Gasteiger partial charge on any atom is 0.239 e. The number of likely N-dealkylation sites (N-methyl/N-ethyl adjacent to an activating group) is 1. The molecule has 1 amide bonds.